The Balaban J connectivity index is 1.75. The van der Waals surface area contributed by atoms with Gasteiger partial charge in [0.25, 0.3) is 0 Å². The molecule has 22 heavy (non-hydrogen) atoms. The summed E-state index contributed by atoms with van der Waals surface area (Å²) in [7, 11) is 1.75. The van der Waals surface area contributed by atoms with Gasteiger partial charge in [-0.2, -0.15) is 0 Å². The van der Waals surface area contributed by atoms with Gasteiger partial charge in [0.1, 0.15) is 12.0 Å². The molecule has 1 aromatic rings. The Kier molecular flexibility index (Phi) is 3.51. The van der Waals surface area contributed by atoms with Crippen molar-refractivity contribution in [3.63, 3.8) is 0 Å². The number of carbonyl (C=O) groups excluding carboxylic acids is 1. The molecule has 0 atom stereocenters. The fourth-order valence-corrected chi connectivity index (χ4v) is 6.05. The molecule has 118 valence electrons. The summed E-state index contributed by atoms with van der Waals surface area (Å²) >= 11 is 0. The molecule has 0 unspecified atom stereocenters. The Hall–Kier alpha value is -1.31. The number of rotatable bonds is 5. The van der Waals surface area contributed by atoms with Crippen LogP contribution in [0.1, 0.15) is 56.1 Å². The second-order valence-electron chi connectivity index (χ2n) is 7.93. The van der Waals surface area contributed by atoms with E-state index in [1.54, 1.807) is 7.11 Å². The minimum absolute atomic E-state index is 0.376. The molecule has 2 nitrogen and oxygen atoms in total. The standard InChI is InChI=1S/C20H26O2/c1-22-18-5-4-17(3-2-6-21)19(10-18)20-11-14-7-15(12-20)9-16(8-14)13-20/h4-6,10,14-16H,2-3,7-9,11-13H2,1H3. The van der Waals surface area contributed by atoms with Gasteiger partial charge in [0.05, 0.1) is 7.11 Å². The zero-order valence-electron chi connectivity index (χ0n) is 13.5. The molecule has 4 bridgehead atoms. The molecule has 0 N–H and O–H groups in total. The van der Waals surface area contributed by atoms with Gasteiger partial charge in [-0.25, -0.2) is 0 Å². The smallest absolute Gasteiger partial charge is 0.120 e. The van der Waals surface area contributed by atoms with E-state index in [0.717, 1.165) is 36.2 Å². The number of aldehydes is 1. The minimum Gasteiger partial charge on any atom is -0.497 e. The van der Waals surface area contributed by atoms with Crippen molar-refractivity contribution in [2.45, 2.75) is 56.8 Å². The van der Waals surface area contributed by atoms with Crippen molar-refractivity contribution < 1.29 is 9.53 Å². The van der Waals surface area contributed by atoms with Crippen LogP contribution in [0.3, 0.4) is 0 Å². The molecule has 4 aliphatic rings. The fourth-order valence-electron chi connectivity index (χ4n) is 6.05. The second kappa shape index (κ2) is 5.40. The molecular formula is C20H26O2. The quantitative estimate of drug-likeness (QED) is 0.758. The predicted octanol–water partition coefficient (Wildman–Crippen LogP) is 4.29. The summed E-state index contributed by atoms with van der Waals surface area (Å²) in [6, 6.07) is 6.55. The lowest BCUT2D eigenvalue weighted by atomic mass is 9.47. The zero-order chi connectivity index (χ0) is 15.2. The molecule has 0 heterocycles. The molecule has 4 aliphatic carbocycles. The third-order valence-electron chi connectivity index (χ3n) is 6.46. The van der Waals surface area contributed by atoms with E-state index in [2.05, 4.69) is 18.2 Å². The number of hydrogen-bond donors (Lipinski definition) is 0. The van der Waals surface area contributed by atoms with Crippen LogP contribution in [0.2, 0.25) is 0 Å². The Morgan fingerprint density at radius 3 is 2.32 bits per heavy atom. The van der Waals surface area contributed by atoms with Gasteiger partial charge in [-0.15, -0.1) is 0 Å². The summed E-state index contributed by atoms with van der Waals surface area (Å²) in [6.07, 6.45) is 11.0. The first-order valence-electron chi connectivity index (χ1n) is 8.83. The molecule has 0 saturated heterocycles. The molecule has 4 saturated carbocycles. The van der Waals surface area contributed by atoms with Gasteiger partial charge in [-0.05, 0) is 91.4 Å². The van der Waals surface area contributed by atoms with Crippen LogP contribution in [-0.2, 0) is 16.6 Å². The van der Waals surface area contributed by atoms with Crippen LogP contribution in [0.15, 0.2) is 18.2 Å². The first kappa shape index (κ1) is 14.3. The van der Waals surface area contributed by atoms with E-state index in [0.29, 0.717) is 11.8 Å². The third-order valence-corrected chi connectivity index (χ3v) is 6.46. The summed E-state index contributed by atoms with van der Waals surface area (Å²) in [5, 5.41) is 0. The van der Waals surface area contributed by atoms with Crippen LogP contribution >= 0.6 is 0 Å². The highest BCUT2D eigenvalue weighted by Gasteiger charge is 2.52. The van der Waals surface area contributed by atoms with E-state index in [1.807, 2.05) is 0 Å². The Morgan fingerprint density at radius 1 is 1.14 bits per heavy atom. The molecule has 1 aromatic carbocycles. The number of hydrogen-bond acceptors (Lipinski definition) is 2. The molecule has 2 heteroatoms. The van der Waals surface area contributed by atoms with E-state index in [9.17, 15) is 4.79 Å². The van der Waals surface area contributed by atoms with Gasteiger partial charge >= 0.3 is 0 Å². The lowest BCUT2D eigenvalue weighted by Gasteiger charge is -2.57. The monoisotopic (exact) mass is 298 g/mol. The van der Waals surface area contributed by atoms with Crippen LogP contribution < -0.4 is 4.74 Å². The Morgan fingerprint density at radius 2 is 1.77 bits per heavy atom. The lowest BCUT2D eigenvalue weighted by molar-refractivity contribution is -0.107. The van der Waals surface area contributed by atoms with Gasteiger partial charge in [0.2, 0.25) is 0 Å². The van der Waals surface area contributed by atoms with Crippen LogP contribution in [0.4, 0.5) is 0 Å². The topological polar surface area (TPSA) is 26.3 Å². The maximum atomic E-state index is 10.8. The Bertz CT molecular complexity index is 540. The van der Waals surface area contributed by atoms with Crippen LogP contribution in [-0.4, -0.2) is 13.4 Å². The van der Waals surface area contributed by atoms with E-state index in [-0.39, 0.29) is 0 Å². The minimum atomic E-state index is 0.376. The highest BCUT2D eigenvalue weighted by molar-refractivity contribution is 5.51. The number of ether oxygens (including phenoxy) is 1. The van der Waals surface area contributed by atoms with E-state index >= 15 is 0 Å². The lowest BCUT2D eigenvalue weighted by Crippen LogP contribution is -2.48. The first-order chi connectivity index (χ1) is 10.7. The largest absolute Gasteiger partial charge is 0.497 e. The molecule has 0 aromatic heterocycles. The van der Waals surface area contributed by atoms with E-state index in [1.165, 1.54) is 49.7 Å². The SMILES string of the molecule is COc1ccc(CCC=O)c(C23CC4CC(CC(C4)C2)C3)c1. The van der Waals surface area contributed by atoms with Crippen molar-refractivity contribution in [1.29, 1.82) is 0 Å². The van der Waals surface area contributed by atoms with E-state index < -0.39 is 0 Å². The fraction of sp³-hybridized carbons (Fsp3) is 0.650. The molecule has 5 rings (SSSR count). The van der Waals surface area contributed by atoms with Gasteiger partial charge in [-0.3, -0.25) is 0 Å². The van der Waals surface area contributed by atoms with Crippen molar-refractivity contribution in [3.05, 3.63) is 29.3 Å². The van der Waals surface area contributed by atoms with Gasteiger partial charge in [0.15, 0.2) is 0 Å². The van der Waals surface area contributed by atoms with Gasteiger partial charge in [-0.1, -0.05) is 6.07 Å². The molecule has 4 fully saturated rings. The molecule has 0 radical (unpaired) electrons. The van der Waals surface area contributed by atoms with Crippen LogP contribution in [0, 0.1) is 17.8 Å². The summed E-state index contributed by atoms with van der Waals surface area (Å²) in [6.45, 7) is 0. The summed E-state index contributed by atoms with van der Waals surface area (Å²) in [4.78, 5) is 10.8. The normalized spacial score (nSPS) is 35.6. The average Bonchev–Trinajstić information content (AvgIpc) is 2.51. The average molecular weight is 298 g/mol. The highest BCUT2D eigenvalue weighted by Crippen LogP contribution is 2.61. The summed E-state index contributed by atoms with van der Waals surface area (Å²) in [5.41, 5.74) is 3.27. The third kappa shape index (κ3) is 2.28. The Labute approximate surface area is 133 Å². The number of aryl methyl sites for hydroxylation is 1. The number of carbonyl (C=O) groups is 1. The van der Waals surface area contributed by atoms with Crippen molar-refractivity contribution in [2.75, 3.05) is 7.11 Å². The van der Waals surface area contributed by atoms with Gasteiger partial charge in [0, 0.05) is 6.42 Å². The second-order valence-corrected chi connectivity index (χ2v) is 7.93. The van der Waals surface area contributed by atoms with Crippen molar-refractivity contribution in [1.82, 2.24) is 0 Å². The zero-order valence-corrected chi connectivity index (χ0v) is 13.5. The first-order valence-corrected chi connectivity index (χ1v) is 8.83. The molecule has 0 spiro atoms. The van der Waals surface area contributed by atoms with E-state index in [4.69, 9.17) is 4.74 Å². The summed E-state index contributed by atoms with van der Waals surface area (Å²) in [5.74, 6) is 3.80. The highest BCUT2D eigenvalue weighted by atomic mass is 16.5. The molecule has 0 aliphatic heterocycles. The maximum absolute atomic E-state index is 10.8. The van der Waals surface area contributed by atoms with Gasteiger partial charge < -0.3 is 9.53 Å². The van der Waals surface area contributed by atoms with Crippen molar-refractivity contribution in [2.24, 2.45) is 17.8 Å². The van der Waals surface area contributed by atoms with Crippen molar-refractivity contribution in [3.8, 4) is 5.75 Å². The number of methoxy groups -OCH3 is 1. The predicted molar refractivity (Wildman–Crippen MR) is 87.2 cm³/mol. The van der Waals surface area contributed by atoms with Crippen LogP contribution in [0.5, 0.6) is 5.75 Å². The van der Waals surface area contributed by atoms with Crippen molar-refractivity contribution >= 4 is 6.29 Å². The maximum Gasteiger partial charge on any atom is 0.120 e. The number of benzene rings is 1. The molecule has 0 amide bonds. The summed E-state index contributed by atoms with van der Waals surface area (Å²) < 4.78 is 5.51. The molecular weight excluding hydrogens is 272 g/mol. The van der Waals surface area contributed by atoms with Crippen LogP contribution in [0.25, 0.3) is 0 Å².